The van der Waals surface area contributed by atoms with E-state index in [4.69, 9.17) is 5.11 Å². The van der Waals surface area contributed by atoms with Gasteiger partial charge in [0.15, 0.2) is 0 Å². The highest BCUT2D eigenvalue weighted by Crippen LogP contribution is 2.22. The fourth-order valence-corrected chi connectivity index (χ4v) is 2.47. The van der Waals surface area contributed by atoms with Gasteiger partial charge in [0.05, 0.1) is 6.42 Å². The van der Waals surface area contributed by atoms with Gasteiger partial charge in [-0.3, -0.25) is 4.79 Å². The van der Waals surface area contributed by atoms with Gasteiger partial charge in [-0.15, -0.1) is 0 Å². The van der Waals surface area contributed by atoms with Gasteiger partial charge in [0.1, 0.15) is 0 Å². The van der Waals surface area contributed by atoms with Gasteiger partial charge in [0.2, 0.25) is 0 Å². The number of hydrogen-bond acceptors (Lipinski definition) is 2. The maximum atomic E-state index is 12.1. The molecule has 0 aromatic heterocycles. The number of nitrogens with one attached hydrogen (secondary N) is 1. The van der Waals surface area contributed by atoms with Gasteiger partial charge in [-0.25, -0.2) is 4.79 Å². The van der Waals surface area contributed by atoms with E-state index in [-0.39, 0.29) is 30.5 Å². The molecule has 1 saturated heterocycles. The third-order valence-electron chi connectivity index (χ3n) is 3.55. The predicted molar refractivity (Wildman–Crippen MR) is 69.4 cm³/mol. The average Bonchev–Trinajstić information content (AvgIpc) is 2.56. The molecule has 0 saturated carbocycles. The van der Waals surface area contributed by atoms with E-state index in [9.17, 15) is 9.59 Å². The van der Waals surface area contributed by atoms with Crippen LogP contribution in [0.25, 0.3) is 0 Å². The van der Waals surface area contributed by atoms with E-state index in [1.165, 1.54) is 0 Å². The molecule has 1 fully saturated rings. The van der Waals surface area contributed by atoms with Crippen molar-refractivity contribution in [3.63, 3.8) is 0 Å². The molecule has 3 unspecified atom stereocenters. The minimum absolute atomic E-state index is 0.0266. The van der Waals surface area contributed by atoms with Gasteiger partial charge in [-0.2, -0.15) is 0 Å². The van der Waals surface area contributed by atoms with Crippen molar-refractivity contribution in [2.75, 3.05) is 6.54 Å². The van der Waals surface area contributed by atoms with Crippen LogP contribution in [-0.4, -0.2) is 40.6 Å². The Morgan fingerprint density at radius 2 is 2.00 bits per heavy atom. The van der Waals surface area contributed by atoms with Crippen molar-refractivity contribution in [2.24, 2.45) is 11.8 Å². The third kappa shape index (κ3) is 3.89. The summed E-state index contributed by atoms with van der Waals surface area (Å²) >= 11 is 0. The number of carboxylic acids is 1. The molecular formula is C13H24N2O3. The maximum absolute atomic E-state index is 12.1. The second-order valence-electron chi connectivity index (χ2n) is 5.74. The van der Waals surface area contributed by atoms with E-state index in [2.05, 4.69) is 12.2 Å². The van der Waals surface area contributed by atoms with Gasteiger partial charge >= 0.3 is 12.0 Å². The molecule has 0 bridgehead atoms. The summed E-state index contributed by atoms with van der Waals surface area (Å²) < 4.78 is 0. The van der Waals surface area contributed by atoms with E-state index < -0.39 is 5.97 Å². The van der Waals surface area contributed by atoms with Crippen LogP contribution in [0.3, 0.4) is 0 Å². The van der Waals surface area contributed by atoms with Crippen molar-refractivity contribution in [2.45, 2.75) is 52.6 Å². The summed E-state index contributed by atoms with van der Waals surface area (Å²) in [5.74, 6) is -0.250. The summed E-state index contributed by atoms with van der Waals surface area (Å²) in [5, 5.41) is 11.7. The van der Waals surface area contributed by atoms with Gasteiger partial charge in [-0.05, 0) is 25.2 Å². The number of aliphatic carboxylic acids is 1. The molecule has 0 aromatic carbocycles. The van der Waals surface area contributed by atoms with E-state index >= 15 is 0 Å². The van der Waals surface area contributed by atoms with E-state index in [1.54, 1.807) is 0 Å². The van der Waals surface area contributed by atoms with Crippen molar-refractivity contribution >= 4 is 12.0 Å². The number of urea groups is 1. The molecule has 1 heterocycles. The highest BCUT2D eigenvalue weighted by Gasteiger charge is 2.31. The molecule has 1 aliphatic heterocycles. The van der Waals surface area contributed by atoms with Crippen LogP contribution in [-0.2, 0) is 4.79 Å². The summed E-state index contributed by atoms with van der Waals surface area (Å²) in [7, 11) is 0. The zero-order chi connectivity index (χ0) is 13.9. The van der Waals surface area contributed by atoms with Crippen LogP contribution in [0.15, 0.2) is 0 Å². The Hall–Kier alpha value is -1.26. The van der Waals surface area contributed by atoms with Crippen molar-refractivity contribution in [3.8, 4) is 0 Å². The average molecular weight is 256 g/mol. The van der Waals surface area contributed by atoms with E-state index in [0.717, 1.165) is 13.0 Å². The SMILES string of the molecule is CC1CC(C)N(C(=O)NC(CC(=O)O)C(C)C)C1. The Labute approximate surface area is 109 Å². The maximum Gasteiger partial charge on any atom is 0.317 e. The highest BCUT2D eigenvalue weighted by molar-refractivity contribution is 5.76. The Morgan fingerprint density at radius 3 is 2.39 bits per heavy atom. The van der Waals surface area contributed by atoms with Crippen molar-refractivity contribution in [1.82, 2.24) is 10.2 Å². The number of likely N-dealkylation sites (tertiary alicyclic amines) is 1. The van der Waals surface area contributed by atoms with Crippen LogP contribution in [0, 0.1) is 11.8 Å². The number of carbonyl (C=O) groups is 2. The first-order valence-corrected chi connectivity index (χ1v) is 6.60. The first-order chi connectivity index (χ1) is 8.31. The number of hydrogen-bond donors (Lipinski definition) is 2. The molecule has 1 aliphatic rings. The Kier molecular flexibility index (Phi) is 4.99. The van der Waals surface area contributed by atoms with E-state index in [0.29, 0.717) is 5.92 Å². The molecule has 0 aromatic rings. The number of carbonyl (C=O) groups excluding carboxylic acids is 1. The smallest absolute Gasteiger partial charge is 0.317 e. The highest BCUT2D eigenvalue weighted by atomic mass is 16.4. The zero-order valence-corrected chi connectivity index (χ0v) is 11.6. The molecule has 0 aliphatic carbocycles. The second-order valence-corrected chi connectivity index (χ2v) is 5.74. The van der Waals surface area contributed by atoms with Crippen LogP contribution in [0.1, 0.15) is 40.5 Å². The number of nitrogens with zero attached hydrogens (tertiary/aromatic N) is 1. The van der Waals surface area contributed by atoms with Crippen LogP contribution >= 0.6 is 0 Å². The van der Waals surface area contributed by atoms with Crippen LogP contribution < -0.4 is 5.32 Å². The molecule has 1 rings (SSSR count). The van der Waals surface area contributed by atoms with E-state index in [1.807, 2.05) is 25.7 Å². The third-order valence-corrected chi connectivity index (χ3v) is 3.55. The van der Waals surface area contributed by atoms with Crippen molar-refractivity contribution in [3.05, 3.63) is 0 Å². The lowest BCUT2D eigenvalue weighted by molar-refractivity contribution is -0.137. The van der Waals surface area contributed by atoms with Crippen molar-refractivity contribution < 1.29 is 14.7 Å². The second kappa shape index (κ2) is 6.07. The molecule has 3 atom stereocenters. The Morgan fingerprint density at radius 1 is 1.39 bits per heavy atom. The van der Waals surface area contributed by atoms with Crippen LogP contribution in [0.5, 0.6) is 0 Å². The quantitative estimate of drug-likeness (QED) is 0.807. The van der Waals surface area contributed by atoms with Gasteiger partial charge in [0, 0.05) is 18.6 Å². The molecular weight excluding hydrogens is 232 g/mol. The van der Waals surface area contributed by atoms with Gasteiger partial charge < -0.3 is 15.3 Å². The first kappa shape index (κ1) is 14.8. The van der Waals surface area contributed by atoms with Crippen molar-refractivity contribution in [1.29, 1.82) is 0 Å². The van der Waals surface area contributed by atoms with Gasteiger partial charge in [0.25, 0.3) is 0 Å². The number of rotatable bonds is 4. The monoisotopic (exact) mass is 256 g/mol. The van der Waals surface area contributed by atoms with Gasteiger partial charge in [-0.1, -0.05) is 20.8 Å². The molecule has 2 N–H and O–H groups in total. The largest absolute Gasteiger partial charge is 0.481 e. The lowest BCUT2D eigenvalue weighted by Gasteiger charge is -2.27. The predicted octanol–water partition coefficient (Wildman–Crippen LogP) is 1.93. The Balaban J connectivity index is 2.58. The fourth-order valence-electron chi connectivity index (χ4n) is 2.47. The summed E-state index contributed by atoms with van der Waals surface area (Å²) in [6.45, 7) is 8.75. The number of carboxylic acid groups (broad SMARTS) is 1. The summed E-state index contributed by atoms with van der Waals surface area (Å²) in [6.07, 6.45) is 0.986. The normalized spacial score (nSPS) is 25.3. The fraction of sp³-hybridized carbons (Fsp3) is 0.846. The molecule has 0 radical (unpaired) electrons. The molecule has 5 heteroatoms. The lowest BCUT2D eigenvalue weighted by atomic mass is 10.0. The summed E-state index contributed by atoms with van der Waals surface area (Å²) in [4.78, 5) is 24.7. The number of amides is 2. The molecule has 2 amide bonds. The minimum Gasteiger partial charge on any atom is -0.481 e. The zero-order valence-electron chi connectivity index (χ0n) is 11.6. The molecule has 5 nitrogen and oxygen atoms in total. The Bertz CT molecular complexity index is 317. The molecule has 0 spiro atoms. The summed E-state index contributed by atoms with van der Waals surface area (Å²) in [6, 6.07) is -0.206. The standard InChI is InChI=1S/C13H24N2O3/c1-8(2)11(6-12(16)17)14-13(18)15-7-9(3)5-10(15)4/h8-11H,5-7H2,1-4H3,(H,14,18)(H,16,17). The molecule has 18 heavy (non-hydrogen) atoms. The lowest BCUT2D eigenvalue weighted by Crippen LogP contribution is -2.48. The summed E-state index contributed by atoms with van der Waals surface area (Å²) in [5.41, 5.74) is 0. The topological polar surface area (TPSA) is 69.6 Å². The molecule has 104 valence electrons. The van der Waals surface area contributed by atoms with Crippen LogP contribution in [0.2, 0.25) is 0 Å². The van der Waals surface area contributed by atoms with Crippen LogP contribution in [0.4, 0.5) is 4.79 Å². The minimum atomic E-state index is -0.878. The first-order valence-electron chi connectivity index (χ1n) is 6.60.